The number of morpholine rings is 1. The van der Waals surface area contributed by atoms with E-state index in [-0.39, 0.29) is 23.9 Å². The largest absolute Gasteiger partial charge is 0.494 e. The molecule has 2 unspecified atom stereocenters. The van der Waals surface area contributed by atoms with Crippen molar-refractivity contribution in [1.29, 1.82) is 0 Å². The molecule has 168 valence electrons. The maximum absolute atomic E-state index is 12.5. The van der Waals surface area contributed by atoms with Gasteiger partial charge in [-0.2, -0.15) is 4.39 Å². The van der Waals surface area contributed by atoms with Crippen LogP contribution in [0.25, 0.3) is 0 Å². The zero-order chi connectivity index (χ0) is 22.2. The summed E-state index contributed by atoms with van der Waals surface area (Å²) in [6, 6.07) is 7.60. The van der Waals surface area contributed by atoms with E-state index >= 15 is 0 Å². The minimum atomic E-state index is -0.940. The van der Waals surface area contributed by atoms with Crippen LogP contribution >= 0.6 is 0 Å². The molecule has 2 aliphatic heterocycles. The number of ether oxygens (including phenoxy) is 3. The van der Waals surface area contributed by atoms with Crippen molar-refractivity contribution in [3.8, 4) is 5.75 Å². The molecule has 0 bridgehead atoms. The molecule has 1 aromatic carbocycles. The number of benzene rings is 1. The first-order valence-electron chi connectivity index (χ1n) is 10.2. The summed E-state index contributed by atoms with van der Waals surface area (Å²) in [6.07, 6.45) is 3.25. The van der Waals surface area contributed by atoms with E-state index in [0.29, 0.717) is 5.69 Å². The highest BCUT2D eigenvalue weighted by Gasteiger charge is 2.28. The van der Waals surface area contributed by atoms with Gasteiger partial charge in [0.25, 0.3) is 5.91 Å². The van der Waals surface area contributed by atoms with Gasteiger partial charge in [0.05, 0.1) is 38.3 Å². The van der Waals surface area contributed by atoms with Gasteiger partial charge in [-0.15, -0.1) is 0 Å². The lowest BCUT2D eigenvalue weighted by Gasteiger charge is -2.27. The molecule has 2 fully saturated rings. The van der Waals surface area contributed by atoms with Gasteiger partial charge < -0.3 is 24.4 Å². The Labute approximate surface area is 180 Å². The zero-order valence-corrected chi connectivity index (χ0v) is 17.6. The van der Waals surface area contributed by atoms with Crippen molar-refractivity contribution >= 4 is 17.4 Å². The molecule has 7 nitrogen and oxygen atoms in total. The lowest BCUT2D eigenvalue weighted by Crippen LogP contribution is -2.36. The van der Waals surface area contributed by atoms with E-state index in [1.54, 1.807) is 6.20 Å². The average molecular weight is 435 g/mol. The van der Waals surface area contributed by atoms with Crippen LogP contribution in [0.4, 0.5) is 20.3 Å². The second kappa shape index (κ2) is 11.0. The summed E-state index contributed by atoms with van der Waals surface area (Å²) in [4.78, 5) is 18.6. The second-order valence-electron chi connectivity index (χ2n) is 7.26. The first kappa shape index (κ1) is 22.9. The van der Waals surface area contributed by atoms with Crippen LogP contribution in [0.3, 0.4) is 0 Å². The number of methoxy groups -OCH3 is 1. The summed E-state index contributed by atoms with van der Waals surface area (Å²) in [5, 5.41) is 2.86. The standard InChI is InChI=1S/C15H21N3O3.C7H6F2O/c1-11-2-4-13(21-11)15(19)17-12-3-5-14(16-10-12)18-6-8-20-9-7-18;1-10-6-4-2-3-5(8)7(6)9/h3,5,10-11,13H,2,4,6-9H2,1H3,(H,17,19);2-4H,1H3. The van der Waals surface area contributed by atoms with Gasteiger partial charge in [-0.1, -0.05) is 6.07 Å². The average Bonchev–Trinajstić information content (AvgIpc) is 3.24. The molecule has 1 N–H and O–H groups in total. The molecule has 2 saturated heterocycles. The number of aromatic nitrogens is 1. The number of amides is 1. The van der Waals surface area contributed by atoms with Gasteiger partial charge in [0, 0.05) is 13.1 Å². The highest BCUT2D eigenvalue weighted by molar-refractivity contribution is 5.94. The van der Waals surface area contributed by atoms with E-state index in [4.69, 9.17) is 9.47 Å². The summed E-state index contributed by atoms with van der Waals surface area (Å²) in [7, 11) is 1.29. The van der Waals surface area contributed by atoms with E-state index in [1.807, 2.05) is 19.1 Å². The van der Waals surface area contributed by atoms with Gasteiger partial charge in [-0.3, -0.25) is 4.79 Å². The Balaban J connectivity index is 0.000000229. The third-order valence-corrected chi connectivity index (χ3v) is 5.01. The Morgan fingerprint density at radius 3 is 2.55 bits per heavy atom. The molecular weight excluding hydrogens is 408 g/mol. The minimum absolute atomic E-state index is 0.0694. The molecule has 9 heteroatoms. The fraction of sp³-hybridized carbons (Fsp3) is 0.455. The van der Waals surface area contributed by atoms with Crippen LogP contribution in [0, 0.1) is 11.6 Å². The number of pyridine rings is 1. The molecule has 1 aromatic heterocycles. The molecule has 2 atom stereocenters. The second-order valence-corrected chi connectivity index (χ2v) is 7.26. The lowest BCUT2D eigenvalue weighted by molar-refractivity contribution is -0.126. The summed E-state index contributed by atoms with van der Waals surface area (Å²) >= 11 is 0. The topological polar surface area (TPSA) is 72.9 Å². The molecule has 1 amide bonds. The number of carbonyl (C=O) groups is 1. The fourth-order valence-electron chi connectivity index (χ4n) is 3.30. The van der Waals surface area contributed by atoms with Gasteiger partial charge >= 0.3 is 0 Å². The molecule has 0 radical (unpaired) electrons. The molecule has 2 aromatic rings. The summed E-state index contributed by atoms with van der Waals surface area (Å²) in [5.41, 5.74) is 0.708. The number of rotatable bonds is 4. The quantitative estimate of drug-likeness (QED) is 0.794. The summed E-state index contributed by atoms with van der Waals surface area (Å²) in [6.45, 7) is 5.17. The molecule has 4 rings (SSSR count). The van der Waals surface area contributed by atoms with Gasteiger partial charge in [0.1, 0.15) is 11.9 Å². The van der Waals surface area contributed by atoms with Crippen molar-refractivity contribution in [1.82, 2.24) is 4.98 Å². The van der Waals surface area contributed by atoms with E-state index in [0.717, 1.165) is 51.0 Å². The van der Waals surface area contributed by atoms with Crippen molar-refractivity contribution in [2.45, 2.75) is 32.0 Å². The first-order valence-corrected chi connectivity index (χ1v) is 10.2. The van der Waals surface area contributed by atoms with Crippen molar-refractivity contribution in [3.63, 3.8) is 0 Å². The summed E-state index contributed by atoms with van der Waals surface area (Å²) < 4.78 is 40.2. The molecule has 31 heavy (non-hydrogen) atoms. The Hall–Kier alpha value is -2.78. The maximum atomic E-state index is 12.5. The van der Waals surface area contributed by atoms with Crippen LogP contribution in [0.15, 0.2) is 36.5 Å². The van der Waals surface area contributed by atoms with Crippen molar-refractivity contribution in [3.05, 3.63) is 48.2 Å². The highest BCUT2D eigenvalue weighted by atomic mass is 19.2. The number of hydrogen-bond acceptors (Lipinski definition) is 6. The Morgan fingerprint density at radius 2 is 1.97 bits per heavy atom. The van der Waals surface area contributed by atoms with Crippen molar-refractivity contribution in [2.24, 2.45) is 0 Å². The van der Waals surface area contributed by atoms with Crippen LogP contribution in [0.2, 0.25) is 0 Å². The predicted octanol–water partition coefficient (Wildman–Crippen LogP) is 3.40. The SMILES string of the molecule is CC1CCC(C(=O)Nc2ccc(N3CCOCC3)nc2)O1.COc1cccc(F)c1F. The van der Waals surface area contributed by atoms with Gasteiger partial charge in [-0.25, -0.2) is 9.37 Å². The number of halogens is 2. The summed E-state index contributed by atoms with van der Waals surface area (Å²) in [5.74, 6) is -1.06. The minimum Gasteiger partial charge on any atom is -0.494 e. The molecule has 0 aliphatic carbocycles. The van der Waals surface area contributed by atoms with Crippen LogP contribution in [-0.2, 0) is 14.3 Å². The van der Waals surface area contributed by atoms with Gasteiger partial charge in [-0.05, 0) is 44.0 Å². The molecule has 3 heterocycles. The number of carbonyl (C=O) groups excluding carboxylic acids is 1. The molecule has 2 aliphatic rings. The maximum Gasteiger partial charge on any atom is 0.253 e. The van der Waals surface area contributed by atoms with Crippen molar-refractivity contribution < 1.29 is 27.8 Å². The fourth-order valence-corrected chi connectivity index (χ4v) is 3.30. The Morgan fingerprint density at radius 1 is 1.19 bits per heavy atom. The number of hydrogen-bond donors (Lipinski definition) is 1. The third kappa shape index (κ3) is 6.35. The van der Waals surface area contributed by atoms with Crippen LogP contribution in [0.1, 0.15) is 19.8 Å². The normalized spacial score (nSPS) is 20.6. The number of nitrogens with one attached hydrogen (secondary N) is 1. The highest BCUT2D eigenvalue weighted by Crippen LogP contribution is 2.21. The lowest BCUT2D eigenvalue weighted by atomic mass is 10.2. The van der Waals surface area contributed by atoms with Crippen LogP contribution in [0.5, 0.6) is 5.75 Å². The molecular formula is C22H27F2N3O4. The zero-order valence-electron chi connectivity index (χ0n) is 17.6. The van der Waals surface area contributed by atoms with Crippen LogP contribution in [-0.4, -0.2) is 56.5 Å². The third-order valence-electron chi connectivity index (χ3n) is 5.01. The van der Waals surface area contributed by atoms with Crippen molar-refractivity contribution in [2.75, 3.05) is 43.6 Å². The number of nitrogens with zero attached hydrogens (tertiary/aromatic N) is 2. The van der Waals surface area contributed by atoms with Crippen LogP contribution < -0.4 is 15.0 Å². The molecule has 0 spiro atoms. The molecule has 0 saturated carbocycles. The monoisotopic (exact) mass is 435 g/mol. The predicted molar refractivity (Wildman–Crippen MR) is 112 cm³/mol. The smallest absolute Gasteiger partial charge is 0.253 e. The van der Waals surface area contributed by atoms with E-state index < -0.39 is 11.6 Å². The van der Waals surface area contributed by atoms with E-state index in [2.05, 4.69) is 19.9 Å². The Bertz CT molecular complexity index is 860. The van der Waals surface area contributed by atoms with Gasteiger partial charge in [0.15, 0.2) is 11.6 Å². The van der Waals surface area contributed by atoms with E-state index in [1.165, 1.54) is 19.2 Å². The van der Waals surface area contributed by atoms with E-state index in [9.17, 15) is 13.6 Å². The van der Waals surface area contributed by atoms with Gasteiger partial charge in [0.2, 0.25) is 5.82 Å². The Kier molecular flexibility index (Phi) is 8.13. The number of anilines is 2. The first-order chi connectivity index (χ1) is 15.0.